The Morgan fingerprint density at radius 3 is 1.60 bits per heavy atom. The van der Waals surface area contributed by atoms with Crippen LogP contribution in [0.3, 0.4) is 0 Å². The van der Waals surface area contributed by atoms with Gasteiger partial charge >= 0.3 is 12.1 Å². The molecule has 4 amide bonds. The SMILES string of the molecule is Cc1cc(C2(c3cc(C)c(N4C(=O)c5ccc(C(C)(c6ccc7c(c6)C(=O)N(C)C7=O)C(F)(F)F)cc5C4=O)c(C)c3)c3ccccc3-c3ccc(C(=O)O)cc32)cc(C)c1C. The van der Waals surface area contributed by atoms with Gasteiger partial charge in [0.05, 0.1) is 38.9 Å². The number of hydrogen-bond acceptors (Lipinski definition) is 5. The number of carboxylic acid groups (broad SMARTS) is 1. The van der Waals surface area contributed by atoms with Crippen molar-refractivity contribution in [2.75, 3.05) is 11.9 Å². The summed E-state index contributed by atoms with van der Waals surface area (Å²) in [5.41, 5.74) is 5.01. The minimum Gasteiger partial charge on any atom is -0.478 e. The molecule has 0 aromatic heterocycles. The van der Waals surface area contributed by atoms with Crippen molar-refractivity contribution in [1.29, 1.82) is 0 Å². The summed E-state index contributed by atoms with van der Waals surface area (Å²) in [4.78, 5) is 68.5. The third-order valence-corrected chi connectivity index (χ3v) is 13.5. The van der Waals surface area contributed by atoms with Crippen molar-refractivity contribution < 1.29 is 42.3 Å². The van der Waals surface area contributed by atoms with Crippen LogP contribution < -0.4 is 4.90 Å². The van der Waals surface area contributed by atoms with Gasteiger partial charge in [-0.1, -0.05) is 66.7 Å². The maximum Gasteiger partial charge on any atom is 0.402 e. The van der Waals surface area contributed by atoms with E-state index in [1.807, 2.05) is 56.3 Å². The van der Waals surface area contributed by atoms with Gasteiger partial charge < -0.3 is 5.11 Å². The Morgan fingerprint density at radius 2 is 1.03 bits per heavy atom. The molecule has 62 heavy (non-hydrogen) atoms. The summed E-state index contributed by atoms with van der Waals surface area (Å²) in [6, 6.07) is 28.1. The first kappa shape index (κ1) is 40.3. The van der Waals surface area contributed by atoms with E-state index in [-0.39, 0.29) is 44.6 Å². The van der Waals surface area contributed by atoms with Gasteiger partial charge in [-0.2, -0.15) is 13.2 Å². The van der Waals surface area contributed by atoms with Crippen LogP contribution in [0, 0.1) is 34.6 Å². The Hall–Kier alpha value is -7.14. The molecule has 0 saturated carbocycles. The smallest absolute Gasteiger partial charge is 0.402 e. The molecule has 2 unspecified atom stereocenters. The van der Waals surface area contributed by atoms with Crippen LogP contribution in [-0.4, -0.2) is 52.8 Å². The number of rotatable bonds is 6. The van der Waals surface area contributed by atoms with Gasteiger partial charge in [0.1, 0.15) is 5.41 Å². The third kappa shape index (κ3) is 5.29. The predicted octanol–water partition coefficient (Wildman–Crippen LogP) is 10.2. The van der Waals surface area contributed by atoms with Crippen LogP contribution in [0.15, 0.2) is 103 Å². The molecule has 6 aromatic rings. The zero-order valence-electron chi connectivity index (χ0n) is 34.8. The number of halogens is 3. The Morgan fingerprint density at radius 1 is 0.565 bits per heavy atom. The highest BCUT2D eigenvalue weighted by Crippen LogP contribution is 2.57. The van der Waals surface area contributed by atoms with Crippen LogP contribution in [0.2, 0.25) is 0 Å². The van der Waals surface area contributed by atoms with Crippen molar-refractivity contribution in [2.24, 2.45) is 0 Å². The number of fused-ring (bicyclic) bond motifs is 5. The Bertz CT molecular complexity index is 3030. The van der Waals surface area contributed by atoms with Crippen LogP contribution in [0.4, 0.5) is 18.9 Å². The second-order valence-corrected chi connectivity index (χ2v) is 16.8. The van der Waals surface area contributed by atoms with Gasteiger partial charge in [-0.25, -0.2) is 9.69 Å². The summed E-state index contributed by atoms with van der Waals surface area (Å²) in [6.45, 7) is 10.6. The highest BCUT2D eigenvalue weighted by molar-refractivity contribution is 6.35. The molecule has 2 heterocycles. The van der Waals surface area contributed by atoms with E-state index >= 15 is 13.2 Å². The molecule has 1 N–H and O–H groups in total. The number of carbonyl (C=O) groups is 5. The lowest BCUT2D eigenvalue weighted by Gasteiger charge is -2.36. The van der Waals surface area contributed by atoms with Gasteiger partial charge in [0, 0.05) is 7.05 Å². The summed E-state index contributed by atoms with van der Waals surface area (Å²) < 4.78 is 46.0. The highest BCUT2D eigenvalue weighted by atomic mass is 19.4. The first-order valence-corrected chi connectivity index (χ1v) is 20.0. The molecule has 0 fully saturated rings. The molecule has 9 rings (SSSR count). The summed E-state index contributed by atoms with van der Waals surface area (Å²) in [5.74, 6) is -3.91. The molecule has 310 valence electrons. The molecular weight excluding hydrogens is 794 g/mol. The number of anilines is 1. The lowest BCUT2D eigenvalue weighted by Crippen LogP contribution is -2.41. The fourth-order valence-corrected chi connectivity index (χ4v) is 9.90. The van der Waals surface area contributed by atoms with E-state index in [1.54, 1.807) is 26.0 Å². The summed E-state index contributed by atoms with van der Waals surface area (Å²) in [7, 11) is 1.26. The van der Waals surface area contributed by atoms with Crippen molar-refractivity contribution >= 4 is 35.3 Å². The molecule has 0 saturated heterocycles. The third-order valence-electron chi connectivity index (χ3n) is 13.5. The van der Waals surface area contributed by atoms with Gasteiger partial charge in [0.2, 0.25) is 0 Å². The maximum atomic E-state index is 15.3. The van der Waals surface area contributed by atoms with Crippen molar-refractivity contribution in [3.8, 4) is 11.1 Å². The lowest BCUT2D eigenvalue weighted by atomic mass is 9.66. The van der Waals surface area contributed by atoms with Gasteiger partial charge in [-0.15, -0.1) is 0 Å². The van der Waals surface area contributed by atoms with Gasteiger partial charge in [-0.05, 0) is 150 Å². The van der Waals surface area contributed by atoms with E-state index in [4.69, 9.17) is 0 Å². The minimum absolute atomic E-state index is 0.00530. The van der Waals surface area contributed by atoms with Gasteiger partial charge in [-0.3, -0.25) is 24.1 Å². The highest BCUT2D eigenvalue weighted by Gasteiger charge is 2.55. The number of carbonyl (C=O) groups excluding carboxylic acids is 4. The van der Waals surface area contributed by atoms with Crippen molar-refractivity contribution in [1.82, 2.24) is 4.90 Å². The second kappa shape index (κ2) is 13.4. The number of carboxylic acids is 1. The lowest BCUT2D eigenvalue weighted by molar-refractivity contribution is -0.173. The van der Waals surface area contributed by atoms with E-state index in [0.29, 0.717) is 11.1 Å². The maximum absolute atomic E-state index is 15.3. The normalized spacial score (nSPS) is 17.6. The second-order valence-electron chi connectivity index (χ2n) is 16.8. The zero-order valence-corrected chi connectivity index (χ0v) is 34.8. The van der Waals surface area contributed by atoms with Crippen LogP contribution in [0.25, 0.3) is 11.1 Å². The molecule has 11 heteroatoms. The van der Waals surface area contributed by atoms with E-state index in [9.17, 15) is 29.1 Å². The van der Waals surface area contributed by atoms with E-state index in [0.717, 1.165) is 85.0 Å². The molecule has 2 aliphatic heterocycles. The molecule has 0 bridgehead atoms. The number of aromatic carboxylic acids is 1. The number of amides is 4. The van der Waals surface area contributed by atoms with E-state index in [2.05, 4.69) is 19.1 Å². The van der Waals surface area contributed by atoms with E-state index < -0.39 is 46.6 Å². The number of hydrogen-bond donors (Lipinski definition) is 1. The summed E-state index contributed by atoms with van der Waals surface area (Å²) in [6.07, 6.45) is -4.94. The minimum atomic E-state index is -4.94. The van der Waals surface area contributed by atoms with Gasteiger partial charge in [0.15, 0.2) is 0 Å². The van der Waals surface area contributed by atoms with Crippen LogP contribution in [0.1, 0.15) is 120 Å². The Kier molecular flexibility index (Phi) is 8.72. The number of benzene rings is 6. The number of nitrogens with zero attached hydrogens (tertiary/aromatic N) is 2. The Labute approximate surface area is 355 Å². The van der Waals surface area contributed by atoms with Crippen LogP contribution >= 0.6 is 0 Å². The largest absolute Gasteiger partial charge is 0.478 e. The summed E-state index contributed by atoms with van der Waals surface area (Å²) >= 11 is 0. The molecule has 3 aliphatic rings. The molecular formula is C51H39F3N2O6. The molecule has 1 aliphatic carbocycles. The molecule has 2 atom stereocenters. The average Bonchev–Trinajstić information content (AvgIpc) is 3.76. The standard InChI is InChI=1S/C51H39F3N2O6/c1-25-18-33(19-26(2)29(25)5)50(41-11-9-8-10-35(41)36-15-12-30(48(61)62)22-42(36)50)34-20-27(3)43(28(4)21-34)56-46(59)38-17-14-32(24-40(38)47(56)60)49(6,51(52,53)54)31-13-16-37-39(23-31)45(58)55(7)44(37)57/h8-24H,1-7H3,(H,61,62). The molecule has 0 radical (unpaired) electrons. The fraction of sp³-hybridized carbons (Fsp3) is 0.196. The molecule has 8 nitrogen and oxygen atoms in total. The molecule has 6 aromatic carbocycles. The molecule has 0 spiro atoms. The number of alkyl halides is 3. The topological polar surface area (TPSA) is 112 Å². The van der Waals surface area contributed by atoms with Crippen molar-refractivity contribution in [2.45, 2.75) is 58.5 Å². The predicted molar refractivity (Wildman–Crippen MR) is 227 cm³/mol. The first-order valence-electron chi connectivity index (χ1n) is 20.0. The van der Waals surface area contributed by atoms with E-state index in [1.165, 1.54) is 25.2 Å². The first-order chi connectivity index (χ1) is 29.2. The zero-order chi connectivity index (χ0) is 44.5. The van der Waals surface area contributed by atoms with Crippen molar-refractivity contribution in [3.63, 3.8) is 0 Å². The summed E-state index contributed by atoms with van der Waals surface area (Å²) in [5, 5.41) is 10.2. The fourth-order valence-electron chi connectivity index (χ4n) is 9.90. The number of imide groups is 2. The van der Waals surface area contributed by atoms with Crippen LogP contribution in [0.5, 0.6) is 0 Å². The quantitative estimate of drug-likeness (QED) is 0.167. The Balaban J connectivity index is 1.19. The average molecular weight is 833 g/mol. The number of aryl methyl sites for hydroxylation is 4. The van der Waals surface area contributed by atoms with Crippen molar-refractivity contribution in [3.05, 3.63) is 192 Å². The van der Waals surface area contributed by atoms with Crippen LogP contribution in [-0.2, 0) is 10.8 Å². The van der Waals surface area contributed by atoms with Gasteiger partial charge in [0.25, 0.3) is 23.6 Å². The monoisotopic (exact) mass is 832 g/mol.